The summed E-state index contributed by atoms with van der Waals surface area (Å²) in [6.45, 7) is -0.155. The van der Waals surface area contributed by atoms with Gasteiger partial charge in [0.25, 0.3) is 15.9 Å². The quantitative estimate of drug-likeness (QED) is 0.771. The first-order valence-electron chi connectivity index (χ1n) is 7.26. The van der Waals surface area contributed by atoms with Crippen molar-refractivity contribution in [3.05, 3.63) is 65.9 Å². The van der Waals surface area contributed by atoms with Crippen molar-refractivity contribution in [2.45, 2.75) is 4.90 Å². The lowest BCUT2D eigenvalue weighted by Crippen LogP contribution is -2.27. The average Bonchev–Trinajstić information content (AvgIpc) is 2.95. The summed E-state index contributed by atoms with van der Waals surface area (Å²) in [5.74, 6) is -0.706. The molecular weight excluding hydrogens is 328 g/mol. The number of benzene rings is 2. The minimum atomic E-state index is -3.86. The Morgan fingerprint density at radius 3 is 2.42 bits per heavy atom. The summed E-state index contributed by atoms with van der Waals surface area (Å²) in [5.41, 5.74) is 0.852. The van der Waals surface area contributed by atoms with Crippen LogP contribution in [0.4, 0.5) is 0 Å². The first-order valence-corrected chi connectivity index (χ1v) is 8.70. The van der Waals surface area contributed by atoms with Crippen LogP contribution < -0.4 is 5.32 Å². The molecule has 0 atom stereocenters. The van der Waals surface area contributed by atoms with Crippen LogP contribution >= 0.6 is 0 Å². The highest BCUT2D eigenvalue weighted by atomic mass is 32.2. The number of nitrogens with one attached hydrogen (secondary N) is 1. The Morgan fingerprint density at radius 1 is 0.917 bits per heavy atom. The second-order valence-electron chi connectivity index (χ2n) is 5.46. The van der Waals surface area contributed by atoms with E-state index in [4.69, 9.17) is 0 Å². The topological polar surface area (TPSA) is 85.2 Å². The number of hydrogen-bond acceptors (Lipinski definition) is 4. The number of rotatable bonds is 2. The van der Waals surface area contributed by atoms with Crippen molar-refractivity contribution in [1.29, 1.82) is 0 Å². The highest BCUT2D eigenvalue weighted by molar-refractivity contribution is 7.90. The zero-order chi connectivity index (χ0) is 16.9. The minimum absolute atomic E-state index is 0.118. The molecule has 2 heterocycles. The van der Waals surface area contributed by atoms with Crippen molar-refractivity contribution in [2.24, 2.45) is 0 Å². The molecule has 6 nitrogen and oxygen atoms in total. The van der Waals surface area contributed by atoms with Crippen molar-refractivity contribution in [3.8, 4) is 0 Å². The zero-order valence-corrected chi connectivity index (χ0v) is 13.2. The summed E-state index contributed by atoms with van der Waals surface area (Å²) in [4.78, 5) is 24.6. The molecular formula is C17H12N2O4S. The fourth-order valence-corrected chi connectivity index (χ4v) is 4.30. The number of amides is 1. The fraction of sp³-hybridized carbons (Fsp3) is 0.0588. The van der Waals surface area contributed by atoms with Gasteiger partial charge in [-0.2, -0.15) is 0 Å². The van der Waals surface area contributed by atoms with E-state index < -0.39 is 10.0 Å². The molecule has 0 fully saturated rings. The Morgan fingerprint density at radius 2 is 1.67 bits per heavy atom. The zero-order valence-electron chi connectivity index (χ0n) is 12.4. The summed E-state index contributed by atoms with van der Waals surface area (Å²) in [6, 6.07) is 12.7. The van der Waals surface area contributed by atoms with E-state index in [1.807, 2.05) is 0 Å². The Kier molecular flexibility index (Phi) is 3.07. The molecule has 24 heavy (non-hydrogen) atoms. The van der Waals surface area contributed by atoms with E-state index >= 15 is 0 Å². The van der Waals surface area contributed by atoms with Crippen LogP contribution in [-0.4, -0.2) is 30.6 Å². The molecule has 4 rings (SSSR count). The molecule has 0 spiro atoms. The molecule has 1 aliphatic heterocycles. The number of carbonyl (C=O) groups is 2. The van der Waals surface area contributed by atoms with Gasteiger partial charge in [-0.15, -0.1) is 0 Å². The van der Waals surface area contributed by atoms with Crippen LogP contribution in [0.25, 0.3) is 10.9 Å². The van der Waals surface area contributed by atoms with Crippen LogP contribution in [0.15, 0.2) is 59.6 Å². The SMILES string of the molecule is O=C1CNC(=O)c2cccc3c2c1cn3S(=O)(=O)c1ccccc1. The van der Waals surface area contributed by atoms with Gasteiger partial charge >= 0.3 is 0 Å². The van der Waals surface area contributed by atoms with Crippen LogP contribution in [0, 0.1) is 0 Å². The molecule has 1 aromatic heterocycles. The van der Waals surface area contributed by atoms with E-state index in [1.54, 1.807) is 36.4 Å². The number of ketones is 1. The Bertz CT molecular complexity index is 1100. The van der Waals surface area contributed by atoms with Crippen molar-refractivity contribution >= 4 is 32.6 Å². The van der Waals surface area contributed by atoms with Crippen molar-refractivity contribution < 1.29 is 18.0 Å². The van der Waals surface area contributed by atoms with Gasteiger partial charge in [0, 0.05) is 22.7 Å². The minimum Gasteiger partial charge on any atom is -0.345 e. The predicted molar refractivity (Wildman–Crippen MR) is 87.6 cm³/mol. The summed E-state index contributed by atoms with van der Waals surface area (Å²) in [7, 11) is -3.86. The van der Waals surface area contributed by atoms with Gasteiger partial charge in [-0.1, -0.05) is 24.3 Å². The van der Waals surface area contributed by atoms with Crippen LogP contribution in [0.1, 0.15) is 20.7 Å². The molecule has 0 saturated heterocycles. The van der Waals surface area contributed by atoms with E-state index in [-0.39, 0.29) is 28.7 Å². The summed E-state index contributed by atoms with van der Waals surface area (Å²) < 4.78 is 26.9. The predicted octanol–water partition coefficient (Wildman–Crippen LogP) is 1.80. The molecule has 7 heteroatoms. The monoisotopic (exact) mass is 340 g/mol. The maximum Gasteiger partial charge on any atom is 0.268 e. The molecule has 0 radical (unpaired) electrons. The molecule has 0 aliphatic carbocycles. The van der Waals surface area contributed by atoms with Crippen LogP contribution in [0.5, 0.6) is 0 Å². The Balaban J connectivity index is 2.08. The van der Waals surface area contributed by atoms with Gasteiger partial charge in [-0.25, -0.2) is 12.4 Å². The molecule has 0 unspecified atom stereocenters. The normalized spacial score (nSPS) is 14.5. The van der Waals surface area contributed by atoms with Gasteiger partial charge in [0.05, 0.1) is 17.0 Å². The smallest absolute Gasteiger partial charge is 0.268 e. The number of nitrogens with zero attached hydrogens (tertiary/aromatic N) is 1. The maximum atomic E-state index is 12.9. The number of aromatic nitrogens is 1. The third kappa shape index (κ3) is 1.98. The van der Waals surface area contributed by atoms with E-state index in [1.165, 1.54) is 18.3 Å². The van der Waals surface area contributed by atoms with Gasteiger partial charge in [-0.3, -0.25) is 9.59 Å². The summed E-state index contributed by atoms with van der Waals surface area (Å²) >= 11 is 0. The second-order valence-corrected chi connectivity index (χ2v) is 7.28. The molecule has 0 saturated carbocycles. The number of Topliss-reactive ketones (excluding diaryl/α,β-unsaturated/α-hetero) is 1. The van der Waals surface area contributed by atoms with Crippen molar-refractivity contribution in [2.75, 3.05) is 6.54 Å². The molecule has 0 bridgehead atoms. The van der Waals surface area contributed by atoms with E-state index in [9.17, 15) is 18.0 Å². The molecule has 1 amide bonds. The van der Waals surface area contributed by atoms with Crippen molar-refractivity contribution in [1.82, 2.24) is 9.29 Å². The Labute approximate surface area is 137 Å². The number of hydrogen-bond donors (Lipinski definition) is 1. The largest absolute Gasteiger partial charge is 0.345 e. The van der Waals surface area contributed by atoms with Gasteiger partial charge in [-0.05, 0) is 24.3 Å². The lowest BCUT2D eigenvalue weighted by atomic mass is 10.1. The van der Waals surface area contributed by atoms with Gasteiger partial charge < -0.3 is 5.32 Å². The van der Waals surface area contributed by atoms with Gasteiger partial charge in [0.2, 0.25) is 0 Å². The first-order chi connectivity index (χ1) is 11.5. The Hall–Kier alpha value is -2.93. The highest BCUT2D eigenvalue weighted by Gasteiger charge is 2.28. The molecule has 2 aromatic carbocycles. The van der Waals surface area contributed by atoms with E-state index in [0.717, 1.165) is 3.97 Å². The summed E-state index contributed by atoms with van der Waals surface area (Å²) in [6.07, 6.45) is 1.30. The van der Waals surface area contributed by atoms with E-state index in [2.05, 4.69) is 5.32 Å². The standard InChI is InChI=1S/C17H12N2O4S/c20-15-9-18-17(21)12-7-4-8-14-16(12)13(15)10-19(14)24(22,23)11-5-2-1-3-6-11/h1-8,10H,9H2,(H,18,21). The van der Waals surface area contributed by atoms with Gasteiger partial charge in [0.15, 0.2) is 5.78 Å². The van der Waals surface area contributed by atoms with E-state index in [0.29, 0.717) is 16.5 Å². The molecule has 1 N–H and O–H groups in total. The van der Waals surface area contributed by atoms with Crippen molar-refractivity contribution in [3.63, 3.8) is 0 Å². The van der Waals surface area contributed by atoms with Crippen LogP contribution in [0.3, 0.4) is 0 Å². The van der Waals surface area contributed by atoms with Crippen LogP contribution in [0.2, 0.25) is 0 Å². The average molecular weight is 340 g/mol. The lowest BCUT2D eigenvalue weighted by Gasteiger charge is -2.08. The first kappa shape index (κ1) is 14.6. The molecule has 1 aliphatic rings. The van der Waals surface area contributed by atoms with Crippen LogP contribution in [-0.2, 0) is 10.0 Å². The lowest BCUT2D eigenvalue weighted by molar-refractivity contribution is 0.0911. The van der Waals surface area contributed by atoms with Gasteiger partial charge in [0.1, 0.15) is 0 Å². The molecule has 3 aromatic rings. The maximum absolute atomic E-state index is 12.9. The third-order valence-electron chi connectivity index (χ3n) is 4.05. The summed E-state index contributed by atoms with van der Waals surface area (Å²) in [5, 5.41) is 2.90. The third-order valence-corrected chi connectivity index (χ3v) is 5.74. The fourth-order valence-electron chi connectivity index (χ4n) is 2.91. The highest BCUT2D eigenvalue weighted by Crippen LogP contribution is 2.30. The second kappa shape index (κ2) is 5.04. The molecule has 120 valence electrons. The number of carbonyl (C=O) groups excluding carboxylic acids is 2.